The molecule has 9 heteroatoms. The van der Waals surface area contributed by atoms with Gasteiger partial charge in [0, 0.05) is 5.56 Å². The molecule has 0 spiro atoms. The van der Waals surface area contributed by atoms with Crippen LogP contribution < -0.4 is 14.9 Å². The Morgan fingerprint density at radius 3 is 2.33 bits per heavy atom. The van der Waals surface area contributed by atoms with Crippen molar-refractivity contribution in [2.24, 2.45) is 5.10 Å². The Kier molecular flexibility index (Phi) is 7.53. The lowest BCUT2D eigenvalue weighted by Crippen LogP contribution is -2.34. The molecule has 0 bridgehead atoms. The normalized spacial score (nSPS) is 11.5. The van der Waals surface area contributed by atoms with Crippen LogP contribution in [-0.4, -0.2) is 33.1 Å². The van der Waals surface area contributed by atoms with Crippen LogP contribution in [0.3, 0.4) is 0 Å². The lowest BCUT2D eigenvalue weighted by molar-refractivity contribution is -0.119. The maximum absolute atomic E-state index is 12.6. The van der Waals surface area contributed by atoms with Crippen molar-refractivity contribution in [1.82, 2.24) is 10.1 Å². The number of esters is 1. The number of amides is 1. The molecule has 4 aromatic rings. The van der Waals surface area contributed by atoms with Gasteiger partial charge in [0.1, 0.15) is 5.75 Å². The minimum absolute atomic E-state index is 0.0602. The molecule has 8 nitrogen and oxygen atoms in total. The third-order valence-electron chi connectivity index (χ3n) is 5.28. The van der Waals surface area contributed by atoms with E-state index in [2.05, 4.69) is 15.2 Å². The number of hydrazone groups is 1. The summed E-state index contributed by atoms with van der Waals surface area (Å²) >= 11 is 0. The molecule has 0 aliphatic carbocycles. The predicted molar refractivity (Wildman–Crippen MR) is 137 cm³/mol. The molecule has 2 N–H and O–H groups in total. The van der Waals surface area contributed by atoms with E-state index in [1.807, 2.05) is 37.3 Å². The fraction of sp³-hybridized carbons (Fsp3) is 0.0741. The quantitative estimate of drug-likeness (QED) is 0.165. The fourth-order valence-corrected chi connectivity index (χ4v) is 4.38. The summed E-state index contributed by atoms with van der Waals surface area (Å²) in [5, 5.41) is 5.61. The van der Waals surface area contributed by atoms with Crippen molar-refractivity contribution >= 4 is 38.9 Å². The molecule has 0 aliphatic rings. The Morgan fingerprint density at radius 1 is 0.889 bits per heavy atom. The van der Waals surface area contributed by atoms with Crippen molar-refractivity contribution in [3.63, 3.8) is 0 Å². The van der Waals surface area contributed by atoms with E-state index in [4.69, 9.17) is 4.74 Å². The third kappa shape index (κ3) is 6.01. The highest BCUT2D eigenvalue weighted by molar-refractivity contribution is 7.89. The van der Waals surface area contributed by atoms with Gasteiger partial charge in [-0.05, 0) is 48.0 Å². The number of hydrogen-bond donors (Lipinski definition) is 2. The Hall–Kier alpha value is -4.34. The van der Waals surface area contributed by atoms with Crippen molar-refractivity contribution in [3.8, 4) is 5.75 Å². The molecule has 0 aliphatic heterocycles. The molecular weight excluding hydrogens is 478 g/mol. The van der Waals surface area contributed by atoms with E-state index in [0.717, 1.165) is 16.3 Å². The maximum Gasteiger partial charge on any atom is 0.343 e. The number of aryl methyl sites for hydroxylation is 1. The number of fused-ring (bicyclic) bond motifs is 1. The molecule has 0 saturated heterocycles. The first-order chi connectivity index (χ1) is 17.3. The number of benzene rings is 4. The number of carbonyl (C=O) groups is 2. The molecule has 0 aromatic heterocycles. The van der Waals surface area contributed by atoms with Gasteiger partial charge in [-0.1, -0.05) is 66.2 Å². The summed E-state index contributed by atoms with van der Waals surface area (Å²) in [5.41, 5.74) is 4.10. The van der Waals surface area contributed by atoms with Gasteiger partial charge in [0.2, 0.25) is 10.0 Å². The highest BCUT2D eigenvalue weighted by atomic mass is 32.2. The Morgan fingerprint density at radius 2 is 1.58 bits per heavy atom. The van der Waals surface area contributed by atoms with E-state index >= 15 is 0 Å². The average molecular weight is 502 g/mol. The van der Waals surface area contributed by atoms with Crippen LogP contribution in [0, 0.1) is 6.92 Å². The fourth-order valence-electron chi connectivity index (χ4n) is 3.40. The van der Waals surface area contributed by atoms with Crippen LogP contribution in [-0.2, 0) is 14.8 Å². The third-order valence-corrected chi connectivity index (χ3v) is 6.70. The van der Waals surface area contributed by atoms with Gasteiger partial charge in [-0.25, -0.2) is 23.4 Å². The molecule has 4 rings (SSSR count). The van der Waals surface area contributed by atoms with Gasteiger partial charge in [-0.3, -0.25) is 4.79 Å². The van der Waals surface area contributed by atoms with E-state index in [0.29, 0.717) is 11.1 Å². The first kappa shape index (κ1) is 24.8. The minimum Gasteiger partial charge on any atom is -0.422 e. The second-order valence-electron chi connectivity index (χ2n) is 7.88. The van der Waals surface area contributed by atoms with Crippen LogP contribution in [0.2, 0.25) is 0 Å². The highest BCUT2D eigenvalue weighted by Crippen LogP contribution is 2.27. The number of rotatable bonds is 8. The van der Waals surface area contributed by atoms with Crippen molar-refractivity contribution in [3.05, 3.63) is 108 Å². The molecule has 0 heterocycles. The van der Waals surface area contributed by atoms with E-state index in [1.54, 1.807) is 48.5 Å². The predicted octanol–water partition coefficient (Wildman–Crippen LogP) is 3.80. The van der Waals surface area contributed by atoms with Crippen LogP contribution in [0.5, 0.6) is 5.75 Å². The Balaban J connectivity index is 1.48. The molecule has 0 fully saturated rings. The first-order valence-electron chi connectivity index (χ1n) is 11.0. The van der Waals surface area contributed by atoms with Gasteiger partial charge >= 0.3 is 5.97 Å². The monoisotopic (exact) mass is 501 g/mol. The van der Waals surface area contributed by atoms with Crippen molar-refractivity contribution in [2.45, 2.75) is 11.8 Å². The highest BCUT2D eigenvalue weighted by Gasteiger charge is 2.16. The molecule has 0 atom stereocenters. The first-order valence-corrected chi connectivity index (χ1v) is 12.5. The van der Waals surface area contributed by atoms with Crippen LogP contribution in [0.1, 0.15) is 21.5 Å². The van der Waals surface area contributed by atoms with Crippen LogP contribution >= 0.6 is 0 Å². The summed E-state index contributed by atoms with van der Waals surface area (Å²) in [7, 11) is -3.84. The van der Waals surface area contributed by atoms with Gasteiger partial charge < -0.3 is 4.74 Å². The number of nitrogens with one attached hydrogen (secondary N) is 2. The number of ether oxygens (including phenoxy) is 1. The lowest BCUT2D eigenvalue weighted by Gasteiger charge is -2.10. The largest absolute Gasteiger partial charge is 0.422 e. The SMILES string of the molecule is Cc1ccc(S(=O)(=O)NCC(=O)N/N=C\c2c(OC(=O)c3ccccc3)ccc3ccccc23)cc1. The second-order valence-corrected chi connectivity index (χ2v) is 9.65. The summed E-state index contributed by atoms with van der Waals surface area (Å²) in [6, 6.07) is 25.8. The van der Waals surface area contributed by atoms with Crippen LogP contribution in [0.25, 0.3) is 10.8 Å². The summed E-state index contributed by atoms with van der Waals surface area (Å²) < 4.78 is 32.6. The van der Waals surface area contributed by atoms with Crippen molar-refractivity contribution in [2.75, 3.05) is 6.54 Å². The molecule has 182 valence electrons. The van der Waals surface area contributed by atoms with Crippen LogP contribution in [0.15, 0.2) is 101 Å². The molecule has 0 saturated carbocycles. The zero-order valence-corrected chi connectivity index (χ0v) is 20.2. The van der Waals surface area contributed by atoms with E-state index in [1.165, 1.54) is 18.3 Å². The van der Waals surface area contributed by atoms with E-state index in [9.17, 15) is 18.0 Å². The number of carbonyl (C=O) groups excluding carboxylic acids is 2. The molecular formula is C27H23N3O5S. The molecule has 0 unspecified atom stereocenters. The van der Waals surface area contributed by atoms with Gasteiger partial charge in [0.25, 0.3) is 5.91 Å². The van der Waals surface area contributed by atoms with E-state index in [-0.39, 0.29) is 10.6 Å². The van der Waals surface area contributed by atoms with Gasteiger partial charge in [0.15, 0.2) is 0 Å². The summed E-state index contributed by atoms with van der Waals surface area (Å²) in [5.74, 6) is -0.930. The summed E-state index contributed by atoms with van der Waals surface area (Å²) in [4.78, 5) is 24.9. The van der Waals surface area contributed by atoms with Crippen molar-refractivity contribution in [1.29, 1.82) is 0 Å². The average Bonchev–Trinajstić information content (AvgIpc) is 2.89. The van der Waals surface area contributed by atoms with Gasteiger partial charge in [0.05, 0.1) is 23.2 Å². The summed E-state index contributed by atoms with van der Waals surface area (Å²) in [6.07, 6.45) is 1.36. The number of sulfonamides is 1. The number of hydrogen-bond acceptors (Lipinski definition) is 6. The topological polar surface area (TPSA) is 114 Å². The number of nitrogens with zero attached hydrogens (tertiary/aromatic N) is 1. The summed E-state index contributed by atoms with van der Waals surface area (Å²) in [6.45, 7) is 1.35. The molecule has 1 amide bonds. The molecule has 0 radical (unpaired) electrons. The lowest BCUT2D eigenvalue weighted by atomic mass is 10.0. The standard InChI is InChI=1S/C27H23N3O5S/c1-19-11-14-22(15-12-19)36(33,34)29-18-26(31)30-28-17-24-23-10-6-5-7-20(23)13-16-25(24)35-27(32)21-8-3-2-4-9-21/h2-17,29H,18H2,1H3,(H,30,31)/b28-17-. The Labute approximate surface area is 208 Å². The van der Waals surface area contributed by atoms with Gasteiger partial charge in [-0.2, -0.15) is 5.10 Å². The Bertz CT molecular complexity index is 1530. The second kappa shape index (κ2) is 10.9. The zero-order valence-electron chi connectivity index (χ0n) is 19.3. The molecule has 4 aromatic carbocycles. The van der Waals surface area contributed by atoms with E-state index < -0.39 is 28.4 Å². The van der Waals surface area contributed by atoms with Crippen LogP contribution in [0.4, 0.5) is 0 Å². The smallest absolute Gasteiger partial charge is 0.343 e. The minimum atomic E-state index is -3.84. The van der Waals surface area contributed by atoms with Crippen molar-refractivity contribution < 1.29 is 22.7 Å². The maximum atomic E-state index is 12.6. The molecule has 36 heavy (non-hydrogen) atoms. The van der Waals surface area contributed by atoms with Gasteiger partial charge in [-0.15, -0.1) is 0 Å². The zero-order chi connectivity index (χ0) is 25.5.